The molecule has 0 saturated carbocycles. The Morgan fingerprint density at radius 3 is 2.58 bits per heavy atom. The summed E-state index contributed by atoms with van der Waals surface area (Å²) in [7, 11) is 1.83. The maximum absolute atomic E-state index is 10.9. The lowest BCUT2D eigenvalue weighted by atomic mass is 10.1. The molecule has 66 valence electrons. The quantitative estimate of drug-likeness (QED) is 0.682. The monoisotopic (exact) mass is 165 g/mol. The van der Waals surface area contributed by atoms with Gasteiger partial charge in [0.05, 0.1) is 0 Å². The molecule has 0 aliphatic rings. The molecule has 2 nitrogen and oxygen atoms in total. The molecular formula is C10H15NO. The lowest BCUT2D eigenvalue weighted by Crippen LogP contribution is -1.94. The van der Waals surface area contributed by atoms with Crippen molar-refractivity contribution in [1.29, 1.82) is 0 Å². The molecule has 1 aromatic rings. The summed E-state index contributed by atoms with van der Waals surface area (Å²) < 4.78 is 0. The molecular weight excluding hydrogens is 150 g/mol. The Morgan fingerprint density at radius 2 is 2.08 bits per heavy atom. The zero-order valence-corrected chi connectivity index (χ0v) is 6.72. The third-order valence-corrected chi connectivity index (χ3v) is 1.56. The van der Waals surface area contributed by atoms with Crippen LogP contribution < -0.4 is 5.32 Å². The van der Waals surface area contributed by atoms with Crippen LogP contribution in [0.3, 0.4) is 0 Å². The summed E-state index contributed by atoms with van der Waals surface area (Å²) in [5.41, 5.74) is 1.72. The van der Waals surface area contributed by atoms with Gasteiger partial charge in [-0.05, 0) is 19.1 Å². The summed E-state index contributed by atoms with van der Waals surface area (Å²) in [5.74, 6) is 0.0992. The molecule has 0 atom stereocenters. The fourth-order valence-electron chi connectivity index (χ4n) is 0.894. The number of carbonyl (C=O) groups is 1. The highest BCUT2D eigenvalue weighted by atomic mass is 16.1. The van der Waals surface area contributed by atoms with Gasteiger partial charge in [-0.25, -0.2) is 0 Å². The van der Waals surface area contributed by atoms with Gasteiger partial charge in [-0.15, -0.1) is 0 Å². The topological polar surface area (TPSA) is 29.1 Å². The molecule has 0 spiro atoms. The van der Waals surface area contributed by atoms with Gasteiger partial charge < -0.3 is 5.32 Å². The molecule has 0 bridgehead atoms. The zero-order chi connectivity index (χ0) is 8.27. The van der Waals surface area contributed by atoms with Gasteiger partial charge in [0.25, 0.3) is 0 Å². The van der Waals surface area contributed by atoms with Crippen LogP contribution >= 0.6 is 0 Å². The van der Waals surface area contributed by atoms with Crippen LogP contribution in [0.25, 0.3) is 0 Å². The van der Waals surface area contributed by atoms with Gasteiger partial charge in [0.2, 0.25) is 0 Å². The minimum absolute atomic E-state index is 0. The Balaban J connectivity index is 0.00000121. The third kappa shape index (κ3) is 2.38. The molecule has 0 aromatic heterocycles. The van der Waals surface area contributed by atoms with Crippen molar-refractivity contribution in [2.24, 2.45) is 0 Å². The van der Waals surface area contributed by atoms with E-state index in [0.717, 1.165) is 11.3 Å². The van der Waals surface area contributed by atoms with Crippen LogP contribution in [0.15, 0.2) is 24.3 Å². The second kappa shape index (κ2) is 4.54. The van der Waals surface area contributed by atoms with Crippen LogP contribution in [-0.2, 0) is 0 Å². The Bertz CT molecular complexity index is 268. The first kappa shape index (κ1) is 10.7. The summed E-state index contributed by atoms with van der Waals surface area (Å²) in [6, 6.07) is 7.43. The van der Waals surface area contributed by atoms with Gasteiger partial charge in [0, 0.05) is 18.3 Å². The molecule has 0 saturated heterocycles. The number of nitrogens with one attached hydrogen (secondary N) is 1. The number of carbonyl (C=O) groups excluding carboxylic acids is 1. The molecule has 0 amide bonds. The van der Waals surface area contributed by atoms with E-state index in [4.69, 9.17) is 0 Å². The van der Waals surface area contributed by atoms with E-state index >= 15 is 0 Å². The minimum Gasteiger partial charge on any atom is -0.388 e. The number of Topliss-reactive ketones (excluding diaryl/α,β-unsaturated/α-hetero) is 1. The predicted octanol–water partition coefficient (Wildman–Crippen LogP) is 2.57. The standard InChI is InChI=1S/C9H11NO.CH4/c1-7(11)8-4-3-5-9(6-8)10-2;/h3-6,10H,1-2H3;1H4. The van der Waals surface area contributed by atoms with E-state index < -0.39 is 0 Å². The molecule has 0 aliphatic carbocycles. The van der Waals surface area contributed by atoms with Crippen LogP contribution in [0.4, 0.5) is 5.69 Å². The zero-order valence-electron chi connectivity index (χ0n) is 6.72. The fourth-order valence-corrected chi connectivity index (χ4v) is 0.894. The number of hydrogen-bond acceptors (Lipinski definition) is 2. The van der Waals surface area contributed by atoms with Gasteiger partial charge in [-0.3, -0.25) is 4.79 Å². The van der Waals surface area contributed by atoms with E-state index in [9.17, 15) is 4.79 Å². The number of ketones is 1. The lowest BCUT2D eigenvalue weighted by molar-refractivity contribution is 0.101. The summed E-state index contributed by atoms with van der Waals surface area (Å²) in [4.78, 5) is 10.9. The molecule has 0 fully saturated rings. The number of hydrogen-bond donors (Lipinski definition) is 1. The van der Waals surface area contributed by atoms with Crippen molar-refractivity contribution in [3.63, 3.8) is 0 Å². The molecule has 0 aliphatic heterocycles. The first-order chi connectivity index (χ1) is 5.24. The third-order valence-electron chi connectivity index (χ3n) is 1.56. The molecule has 0 unspecified atom stereocenters. The van der Waals surface area contributed by atoms with Crippen molar-refractivity contribution in [2.45, 2.75) is 14.4 Å². The number of rotatable bonds is 2. The second-order valence-corrected chi connectivity index (χ2v) is 2.39. The Hall–Kier alpha value is -1.31. The average molecular weight is 165 g/mol. The van der Waals surface area contributed by atoms with Gasteiger partial charge in [0.1, 0.15) is 0 Å². The Labute approximate surface area is 73.6 Å². The van der Waals surface area contributed by atoms with Gasteiger partial charge in [-0.2, -0.15) is 0 Å². The first-order valence-corrected chi connectivity index (χ1v) is 3.53. The summed E-state index contributed by atoms with van der Waals surface area (Å²) >= 11 is 0. The van der Waals surface area contributed by atoms with E-state index in [1.165, 1.54) is 0 Å². The highest BCUT2D eigenvalue weighted by molar-refractivity contribution is 5.94. The highest BCUT2D eigenvalue weighted by Crippen LogP contribution is 2.09. The molecule has 1 N–H and O–H groups in total. The summed E-state index contributed by atoms with van der Waals surface area (Å²) in [6.45, 7) is 1.56. The van der Waals surface area contributed by atoms with Gasteiger partial charge in [-0.1, -0.05) is 19.6 Å². The van der Waals surface area contributed by atoms with Crippen LogP contribution in [0, 0.1) is 0 Å². The van der Waals surface area contributed by atoms with E-state index in [1.807, 2.05) is 31.3 Å². The summed E-state index contributed by atoms with van der Waals surface area (Å²) in [5, 5.41) is 2.97. The number of anilines is 1. The van der Waals surface area contributed by atoms with Crippen molar-refractivity contribution in [3.05, 3.63) is 29.8 Å². The number of benzene rings is 1. The molecule has 1 aromatic carbocycles. The maximum Gasteiger partial charge on any atom is 0.159 e. The van der Waals surface area contributed by atoms with Crippen molar-refractivity contribution in [2.75, 3.05) is 12.4 Å². The SMILES string of the molecule is C.CNc1cccc(C(C)=O)c1. The van der Waals surface area contributed by atoms with Gasteiger partial charge >= 0.3 is 0 Å². The smallest absolute Gasteiger partial charge is 0.159 e. The lowest BCUT2D eigenvalue weighted by Gasteiger charge is -2.00. The normalized spacial score (nSPS) is 8.50. The molecule has 2 heteroatoms. The Morgan fingerprint density at radius 1 is 1.42 bits per heavy atom. The van der Waals surface area contributed by atoms with Crippen molar-refractivity contribution >= 4 is 11.5 Å². The molecule has 12 heavy (non-hydrogen) atoms. The first-order valence-electron chi connectivity index (χ1n) is 3.53. The van der Waals surface area contributed by atoms with Crippen LogP contribution in [0.2, 0.25) is 0 Å². The molecule has 0 radical (unpaired) electrons. The van der Waals surface area contributed by atoms with Crippen molar-refractivity contribution in [1.82, 2.24) is 0 Å². The molecule has 1 rings (SSSR count). The van der Waals surface area contributed by atoms with Crippen molar-refractivity contribution in [3.8, 4) is 0 Å². The van der Waals surface area contributed by atoms with E-state index in [-0.39, 0.29) is 13.2 Å². The van der Waals surface area contributed by atoms with Crippen LogP contribution in [0.1, 0.15) is 24.7 Å². The van der Waals surface area contributed by atoms with Crippen molar-refractivity contribution < 1.29 is 4.79 Å². The molecule has 0 heterocycles. The fraction of sp³-hybridized carbons (Fsp3) is 0.300. The van der Waals surface area contributed by atoms with E-state index in [2.05, 4.69) is 5.32 Å². The second-order valence-electron chi connectivity index (χ2n) is 2.39. The summed E-state index contributed by atoms with van der Waals surface area (Å²) in [6.07, 6.45) is 0. The average Bonchev–Trinajstić information content (AvgIpc) is 2.05. The van der Waals surface area contributed by atoms with Crippen LogP contribution in [-0.4, -0.2) is 12.8 Å². The maximum atomic E-state index is 10.9. The van der Waals surface area contributed by atoms with Crippen LogP contribution in [0.5, 0.6) is 0 Å². The highest BCUT2D eigenvalue weighted by Gasteiger charge is 1.97. The largest absolute Gasteiger partial charge is 0.388 e. The Kier molecular flexibility index (Phi) is 4.05. The van der Waals surface area contributed by atoms with E-state index in [0.29, 0.717) is 0 Å². The minimum atomic E-state index is 0. The van der Waals surface area contributed by atoms with E-state index in [1.54, 1.807) is 6.92 Å². The van der Waals surface area contributed by atoms with Gasteiger partial charge in [0.15, 0.2) is 5.78 Å². The predicted molar refractivity (Wildman–Crippen MR) is 52.7 cm³/mol.